The van der Waals surface area contributed by atoms with E-state index in [4.69, 9.17) is 0 Å². The third kappa shape index (κ3) is 2.88. The highest BCUT2D eigenvalue weighted by molar-refractivity contribution is 5.92. The number of nitrogens with zero attached hydrogens (tertiary/aromatic N) is 1. The molecule has 130 valence electrons. The van der Waals surface area contributed by atoms with Crippen LogP contribution in [0.5, 0.6) is 0 Å². The van der Waals surface area contributed by atoms with E-state index in [1.165, 1.54) is 4.90 Å². The minimum absolute atomic E-state index is 0.105. The van der Waals surface area contributed by atoms with E-state index in [0.29, 0.717) is 19.5 Å². The molecule has 1 aliphatic heterocycles. The monoisotopic (exact) mass is 338 g/mol. The Morgan fingerprint density at radius 2 is 2.00 bits per heavy atom. The normalized spacial score (nSPS) is 23.0. The van der Waals surface area contributed by atoms with Crippen molar-refractivity contribution in [3.63, 3.8) is 0 Å². The van der Waals surface area contributed by atoms with Crippen LogP contribution in [0, 0.1) is 0 Å². The topological polar surface area (TPSA) is 69.6 Å². The maximum absolute atomic E-state index is 14.1. The van der Waals surface area contributed by atoms with E-state index in [2.05, 4.69) is 5.32 Å². The van der Waals surface area contributed by atoms with Crippen LogP contribution in [0.2, 0.25) is 0 Å². The van der Waals surface area contributed by atoms with Gasteiger partial charge in [0.05, 0.1) is 0 Å². The van der Waals surface area contributed by atoms with Gasteiger partial charge in [0.25, 0.3) is 5.91 Å². The van der Waals surface area contributed by atoms with Crippen molar-refractivity contribution >= 4 is 11.8 Å². The van der Waals surface area contributed by atoms with E-state index in [0.717, 1.165) is 5.56 Å². The Morgan fingerprint density at radius 1 is 1.33 bits per heavy atom. The Balaban J connectivity index is 1.60. The largest absolute Gasteiger partial charge is 0.383 e. The zero-order valence-electron chi connectivity index (χ0n) is 13.2. The number of benzene rings is 1. The first kappa shape index (κ1) is 16.8. The fraction of sp³-hybridized carbons (Fsp3) is 0.529. The molecular formula is C17H20F2N2O3. The summed E-state index contributed by atoms with van der Waals surface area (Å²) in [6.07, 6.45) is 0.539. The second-order valence-corrected chi connectivity index (χ2v) is 6.52. The van der Waals surface area contributed by atoms with Crippen LogP contribution in [0.3, 0.4) is 0 Å². The molecule has 1 aromatic rings. The minimum atomic E-state index is -3.88. The molecule has 2 aliphatic rings. The third-order valence-corrected chi connectivity index (χ3v) is 4.87. The summed E-state index contributed by atoms with van der Waals surface area (Å²) in [7, 11) is 0. The summed E-state index contributed by atoms with van der Waals surface area (Å²) in [4.78, 5) is 25.7. The highest BCUT2D eigenvalue weighted by Crippen LogP contribution is 2.44. The fourth-order valence-corrected chi connectivity index (χ4v) is 3.12. The van der Waals surface area contributed by atoms with Crippen molar-refractivity contribution in [3.8, 4) is 0 Å². The smallest absolute Gasteiger partial charge is 0.352 e. The standard InChI is InChI=1S/C17H20F2N2O3/c18-17(19,16(24)8-4-9-16)15(23)20-13-7-10-21(14(13)22)11-12-5-2-1-3-6-12/h1-3,5-6,13,24H,4,7-11H2,(H,20,23). The molecule has 3 rings (SSSR count). The average Bonchev–Trinajstić information content (AvgIpc) is 2.86. The van der Waals surface area contributed by atoms with Gasteiger partial charge in [0, 0.05) is 13.1 Å². The molecule has 1 aromatic carbocycles. The van der Waals surface area contributed by atoms with Gasteiger partial charge < -0.3 is 15.3 Å². The lowest BCUT2D eigenvalue weighted by Crippen LogP contribution is -2.62. The van der Waals surface area contributed by atoms with E-state index in [1.807, 2.05) is 30.3 Å². The Kier molecular flexibility index (Phi) is 4.29. The lowest BCUT2D eigenvalue weighted by atomic mass is 9.75. The van der Waals surface area contributed by atoms with Gasteiger partial charge >= 0.3 is 5.92 Å². The molecule has 0 aromatic heterocycles. The molecule has 0 bridgehead atoms. The first-order valence-corrected chi connectivity index (χ1v) is 8.07. The SMILES string of the molecule is O=C1C(NC(=O)C(F)(F)C2(O)CCC2)CCN1Cc1ccccc1. The molecule has 2 fully saturated rings. The molecule has 1 saturated carbocycles. The number of hydrogen-bond acceptors (Lipinski definition) is 3. The van der Waals surface area contributed by atoms with Crippen LogP contribution in [0.4, 0.5) is 8.78 Å². The molecular weight excluding hydrogens is 318 g/mol. The van der Waals surface area contributed by atoms with E-state index in [-0.39, 0.29) is 25.2 Å². The molecule has 1 aliphatic carbocycles. The van der Waals surface area contributed by atoms with Crippen LogP contribution < -0.4 is 5.32 Å². The molecule has 1 saturated heterocycles. The van der Waals surface area contributed by atoms with Crippen LogP contribution in [-0.2, 0) is 16.1 Å². The lowest BCUT2D eigenvalue weighted by molar-refractivity contribution is -0.216. The van der Waals surface area contributed by atoms with Crippen LogP contribution in [0.15, 0.2) is 30.3 Å². The minimum Gasteiger partial charge on any atom is -0.383 e. The second kappa shape index (κ2) is 6.12. The Bertz CT molecular complexity index is 632. The summed E-state index contributed by atoms with van der Waals surface area (Å²) in [5.74, 6) is -5.81. The summed E-state index contributed by atoms with van der Waals surface area (Å²) < 4.78 is 28.2. The Labute approximate surface area is 138 Å². The fourth-order valence-electron chi connectivity index (χ4n) is 3.12. The summed E-state index contributed by atoms with van der Waals surface area (Å²) in [5, 5.41) is 11.9. The Morgan fingerprint density at radius 3 is 2.58 bits per heavy atom. The number of amides is 2. The second-order valence-electron chi connectivity index (χ2n) is 6.52. The quantitative estimate of drug-likeness (QED) is 0.854. The maximum atomic E-state index is 14.1. The van der Waals surface area contributed by atoms with Crippen molar-refractivity contribution < 1.29 is 23.5 Å². The molecule has 0 radical (unpaired) electrons. The summed E-state index contributed by atoms with van der Waals surface area (Å²) in [5.41, 5.74) is -1.34. The molecule has 24 heavy (non-hydrogen) atoms. The number of carbonyl (C=O) groups excluding carboxylic acids is 2. The summed E-state index contributed by atoms with van der Waals surface area (Å²) in [6, 6.07) is 8.37. The number of likely N-dealkylation sites (tertiary alicyclic amines) is 1. The predicted molar refractivity (Wildman–Crippen MR) is 82.2 cm³/mol. The van der Waals surface area contributed by atoms with Crippen molar-refractivity contribution in [1.29, 1.82) is 0 Å². The molecule has 1 heterocycles. The zero-order valence-corrected chi connectivity index (χ0v) is 13.2. The molecule has 1 atom stereocenters. The zero-order chi connectivity index (χ0) is 17.4. The molecule has 7 heteroatoms. The number of hydrogen-bond donors (Lipinski definition) is 2. The van der Waals surface area contributed by atoms with Gasteiger partial charge in [0.1, 0.15) is 11.6 Å². The van der Waals surface area contributed by atoms with Gasteiger partial charge in [-0.2, -0.15) is 8.78 Å². The molecule has 1 unspecified atom stereocenters. The third-order valence-electron chi connectivity index (χ3n) is 4.87. The number of carbonyl (C=O) groups is 2. The lowest BCUT2D eigenvalue weighted by Gasteiger charge is -2.41. The number of nitrogens with one attached hydrogen (secondary N) is 1. The van der Waals surface area contributed by atoms with E-state index in [9.17, 15) is 23.5 Å². The van der Waals surface area contributed by atoms with Crippen LogP contribution in [0.1, 0.15) is 31.2 Å². The van der Waals surface area contributed by atoms with Gasteiger partial charge in [-0.25, -0.2) is 0 Å². The van der Waals surface area contributed by atoms with Gasteiger partial charge in [-0.1, -0.05) is 30.3 Å². The van der Waals surface area contributed by atoms with Crippen molar-refractivity contribution in [2.45, 2.75) is 49.8 Å². The van der Waals surface area contributed by atoms with E-state index in [1.54, 1.807) is 0 Å². The molecule has 0 spiro atoms. The van der Waals surface area contributed by atoms with Crippen LogP contribution >= 0.6 is 0 Å². The molecule has 5 nitrogen and oxygen atoms in total. The van der Waals surface area contributed by atoms with E-state index >= 15 is 0 Å². The number of alkyl halides is 2. The Hall–Kier alpha value is -2.02. The first-order valence-electron chi connectivity index (χ1n) is 8.07. The van der Waals surface area contributed by atoms with Crippen molar-refractivity contribution in [2.75, 3.05) is 6.54 Å². The number of halogens is 2. The van der Waals surface area contributed by atoms with Gasteiger partial charge in [-0.3, -0.25) is 9.59 Å². The van der Waals surface area contributed by atoms with Crippen molar-refractivity contribution in [3.05, 3.63) is 35.9 Å². The molecule has 2 amide bonds. The number of rotatable bonds is 5. The summed E-state index contributed by atoms with van der Waals surface area (Å²) >= 11 is 0. The van der Waals surface area contributed by atoms with Crippen LogP contribution in [-0.4, -0.2) is 45.9 Å². The maximum Gasteiger partial charge on any atom is 0.352 e. The molecule has 2 N–H and O–H groups in total. The predicted octanol–water partition coefficient (Wildman–Crippen LogP) is 1.45. The van der Waals surface area contributed by atoms with Crippen LogP contribution in [0.25, 0.3) is 0 Å². The van der Waals surface area contributed by atoms with Crippen molar-refractivity contribution in [2.24, 2.45) is 0 Å². The van der Waals surface area contributed by atoms with E-state index < -0.39 is 23.5 Å². The van der Waals surface area contributed by atoms with Gasteiger partial charge in [0.15, 0.2) is 0 Å². The average molecular weight is 338 g/mol. The van der Waals surface area contributed by atoms with Crippen molar-refractivity contribution in [1.82, 2.24) is 10.2 Å². The number of aliphatic hydroxyl groups is 1. The summed E-state index contributed by atoms with van der Waals surface area (Å²) in [6.45, 7) is 0.779. The van der Waals surface area contributed by atoms with Gasteiger partial charge in [-0.15, -0.1) is 0 Å². The first-order chi connectivity index (χ1) is 11.3. The van der Waals surface area contributed by atoms with Gasteiger partial charge in [-0.05, 0) is 31.2 Å². The highest BCUT2D eigenvalue weighted by atomic mass is 19.3. The highest BCUT2D eigenvalue weighted by Gasteiger charge is 2.61. The van der Waals surface area contributed by atoms with Gasteiger partial charge in [0.2, 0.25) is 5.91 Å².